The summed E-state index contributed by atoms with van der Waals surface area (Å²) in [5.41, 5.74) is 2.83. The lowest BCUT2D eigenvalue weighted by Gasteiger charge is -2.08. The fourth-order valence-corrected chi connectivity index (χ4v) is 2.73. The van der Waals surface area contributed by atoms with E-state index in [0.717, 1.165) is 11.1 Å². The molecule has 0 saturated carbocycles. The van der Waals surface area contributed by atoms with E-state index in [0.29, 0.717) is 22.2 Å². The highest BCUT2D eigenvalue weighted by Gasteiger charge is 2.14. The Morgan fingerprint density at radius 1 is 1.04 bits per heavy atom. The SMILES string of the molecule is CC(=O)c1cccc(NC(=O)c2cc(=O)c3cc(C)cc(C)c3o2)c1. The molecule has 0 unspecified atom stereocenters. The van der Waals surface area contributed by atoms with Gasteiger partial charge in [-0.1, -0.05) is 18.2 Å². The Labute approximate surface area is 144 Å². The minimum atomic E-state index is -0.542. The number of aryl methyl sites for hydroxylation is 2. The van der Waals surface area contributed by atoms with Gasteiger partial charge in [-0.2, -0.15) is 0 Å². The van der Waals surface area contributed by atoms with E-state index >= 15 is 0 Å². The summed E-state index contributed by atoms with van der Waals surface area (Å²) >= 11 is 0. The molecular weight excluding hydrogens is 318 g/mol. The smallest absolute Gasteiger partial charge is 0.291 e. The highest BCUT2D eigenvalue weighted by molar-refractivity contribution is 6.04. The maximum absolute atomic E-state index is 12.4. The van der Waals surface area contributed by atoms with Crippen LogP contribution in [-0.2, 0) is 0 Å². The van der Waals surface area contributed by atoms with Gasteiger partial charge in [0.1, 0.15) is 5.58 Å². The van der Waals surface area contributed by atoms with Crippen LogP contribution in [0.25, 0.3) is 11.0 Å². The highest BCUT2D eigenvalue weighted by atomic mass is 16.3. The first kappa shape index (κ1) is 16.6. The Bertz CT molecular complexity index is 1060. The number of anilines is 1. The van der Waals surface area contributed by atoms with Crippen molar-refractivity contribution >= 4 is 28.3 Å². The zero-order chi connectivity index (χ0) is 18.1. The van der Waals surface area contributed by atoms with Crippen molar-refractivity contribution in [1.29, 1.82) is 0 Å². The van der Waals surface area contributed by atoms with Gasteiger partial charge >= 0.3 is 0 Å². The van der Waals surface area contributed by atoms with Crippen molar-refractivity contribution in [3.05, 3.63) is 75.1 Å². The molecule has 1 amide bonds. The molecule has 0 fully saturated rings. The molecule has 0 aliphatic rings. The average Bonchev–Trinajstić information content (AvgIpc) is 2.55. The first-order chi connectivity index (χ1) is 11.8. The van der Waals surface area contributed by atoms with E-state index in [4.69, 9.17) is 4.42 Å². The number of Topliss-reactive ketones (excluding diaryl/α,β-unsaturated/α-hetero) is 1. The highest BCUT2D eigenvalue weighted by Crippen LogP contribution is 2.20. The average molecular weight is 335 g/mol. The Kier molecular flexibility index (Phi) is 4.23. The third-order valence-electron chi connectivity index (χ3n) is 3.91. The van der Waals surface area contributed by atoms with Gasteiger partial charge in [-0.3, -0.25) is 14.4 Å². The normalized spacial score (nSPS) is 10.7. The molecule has 2 aromatic carbocycles. The van der Waals surface area contributed by atoms with E-state index in [-0.39, 0.29) is 17.0 Å². The summed E-state index contributed by atoms with van der Waals surface area (Å²) in [6.45, 7) is 5.18. The Hall–Kier alpha value is -3.21. The summed E-state index contributed by atoms with van der Waals surface area (Å²) in [4.78, 5) is 36.2. The number of benzene rings is 2. The Morgan fingerprint density at radius 3 is 2.52 bits per heavy atom. The molecule has 0 aliphatic heterocycles. The lowest BCUT2D eigenvalue weighted by Crippen LogP contribution is -2.15. The second-order valence-corrected chi connectivity index (χ2v) is 6.02. The van der Waals surface area contributed by atoms with Crippen molar-refractivity contribution in [1.82, 2.24) is 0 Å². The van der Waals surface area contributed by atoms with Crippen molar-refractivity contribution in [3.63, 3.8) is 0 Å². The van der Waals surface area contributed by atoms with Crippen LogP contribution in [0.4, 0.5) is 5.69 Å². The van der Waals surface area contributed by atoms with Crippen molar-refractivity contribution < 1.29 is 14.0 Å². The molecule has 1 heterocycles. The van der Waals surface area contributed by atoms with Crippen LogP contribution in [0.3, 0.4) is 0 Å². The summed E-state index contributed by atoms with van der Waals surface area (Å²) < 4.78 is 5.66. The van der Waals surface area contributed by atoms with Crippen molar-refractivity contribution in [2.24, 2.45) is 0 Å². The molecule has 25 heavy (non-hydrogen) atoms. The Morgan fingerprint density at radius 2 is 1.80 bits per heavy atom. The van der Waals surface area contributed by atoms with Crippen LogP contribution < -0.4 is 10.7 Å². The van der Waals surface area contributed by atoms with Gasteiger partial charge in [0.2, 0.25) is 0 Å². The predicted molar refractivity (Wildman–Crippen MR) is 96.4 cm³/mol. The number of fused-ring (bicyclic) bond motifs is 1. The molecule has 5 heteroatoms. The van der Waals surface area contributed by atoms with E-state index in [2.05, 4.69) is 5.32 Å². The topological polar surface area (TPSA) is 76.4 Å². The van der Waals surface area contributed by atoms with Crippen molar-refractivity contribution in [3.8, 4) is 0 Å². The standard InChI is InChI=1S/C20H17NO4/c1-11-7-12(2)19-16(8-11)17(23)10-18(25-19)20(24)21-15-6-4-5-14(9-15)13(3)22/h4-10H,1-3H3,(H,21,24). The number of amides is 1. The monoisotopic (exact) mass is 335 g/mol. The summed E-state index contributed by atoms with van der Waals surface area (Å²) in [5, 5.41) is 3.10. The first-order valence-electron chi connectivity index (χ1n) is 7.82. The third-order valence-corrected chi connectivity index (χ3v) is 3.91. The fourth-order valence-electron chi connectivity index (χ4n) is 2.73. The van der Waals surface area contributed by atoms with E-state index in [9.17, 15) is 14.4 Å². The van der Waals surface area contributed by atoms with Gasteiger partial charge in [0.25, 0.3) is 5.91 Å². The van der Waals surface area contributed by atoms with Crippen LogP contribution in [0.1, 0.15) is 39.0 Å². The van der Waals surface area contributed by atoms with Crippen molar-refractivity contribution in [2.75, 3.05) is 5.32 Å². The van der Waals surface area contributed by atoms with Crippen LogP contribution in [0.15, 0.2) is 51.7 Å². The second kappa shape index (κ2) is 6.36. The minimum absolute atomic E-state index is 0.0716. The van der Waals surface area contributed by atoms with Gasteiger partial charge in [-0.05, 0) is 50.1 Å². The van der Waals surface area contributed by atoms with Crippen LogP contribution in [0.5, 0.6) is 0 Å². The van der Waals surface area contributed by atoms with E-state index in [1.54, 1.807) is 30.3 Å². The number of hydrogen-bond donors (Lipinski definition) is 1. The molecule has 126 valence electrons. The minimum Gasteiger partial charge on any atom is -0.450 e. The summed E-state index contributed by atoms with van der Waals surface area (Å²) in [7, 11) is 0. The second-order valence-electron chi connectivity index (χ2n) is 6.02. The quantitative estimate of drug-likeness (QED) is 0.737. The zero-order valence-electron chi connectivity index (χ0n) is 14.2. The summed E-state index contributed by atoms with van der Waals surface area (Å²) in [6, 6.07) is 11.4. The predicted octanol–water partition coefficient (Wildman–Crippen LogP) is 3.86. The number of carbonyl (C=O) groups is 2. The lowest BCUT2D eigenvalue weighted by molar-refractivity contribution is 0.0992. The number of nitrogens with one attached hydrogen (secondary N) is 1. The molecule has 0 bridgehead atoms. The number of carbonyl (C=O) groups excluding carboxylic acids is 2. The molecule has 1 N–H and O–H groups in total. The van der Waals surface area contributed by atoms with Crippen LogP contribution in [0, 0.1) is 13.8 Å². The van der Waals surface area contributed by atoms with Gasteiger partial charge in [-0.25, -0.2) is 0 Å². The van der Waals surface area contributed by atoms with Gasteiger partial charge in [0.15, 0.2) is 17.0 Å². The molecular formula is C20H17NO4. The largest absolute Gasteiger partial charge is 0.450 e. The summed E-state index contributed by atoms with van der Waals surface area (Å²) in [6.07, 6.45) is 0. The molecule has 3 rings (SSSR count). The maximum atomic E-state index is 12.4. The van der Waals surface area contributed by atoms with Crippen molar-refractivity contribution in [2.45, 2.75) is 20.8 Å². The van der Waals surface area contributed by atoms with Crippen LogP contribution in [-0.4, -0.2) is 11.7 Å². The van der Waals surface area contributed by atoms with Gasteiger partial charge in [0.05, 0.1) is 5.39 Å². The van der Waals surface area contributed by atoms with Gasteiger partial charge in [-0.15, -0.1) is 0 Å². The lowest BCUT2D eigenvalue weighted by atomic mass is 10.1. The Balaban J connectivity index is 1.99. The van der Waals surface area contributed by atoms with Gasteiger partial charge < -0.3 is 9.73 Å². The number of hydrogen-bond acceptors (Lipinski definition) is 4. The molecule has 0 spiro atoms. The van der Waals surface area contributed by atoms with Crippen LogP contribution in [0.2, 0.25) is 0 Å². The molecule has 0 atom stereocenters. The molecule has 0 aliphatic carbocycles. The maximum Gasteiger partial charge on any atom is 0.291 e. The molecule has 0 saturated heterocycles. The third kappa shape index (κ3) is 3.35. The number of ketones is 1. The van der Waals surface area contributed by atoms with Crippen LogP contribution >= 0.6 is 0 Å². The number of rotatable bonds is 3. The van der Waals surface area contributed by atoms with E-state index in [1.807, 2.05) is 19.9 Å². The van der Waals surface area contributed by atoms with E-state index < -0.39 is 5.91 Å². The first-order valence-corrected chi connectivity index (χ1v) is 7.82. The summed E-state index contributed by atoms with van der Waals surface area (Å²) in [5.74, 6) is -0.711. The van der Waals surface area contributed by atoms with E-state index in [1.165, 1.54) is 13.0 Å². The zero-order valence-corrected chi connectivity index (χ0v) is 14.2. The molecule has 1 aromatic heterocycles. The molecule has 5 nitrogen and oxygen atoms in total. The van der Waals surface area contributed by atoms with Gasteiger partial charge in [0, 0.05) is 17.3 Å². The molecule has 3 aromatic rings. The molecule has 0 radical (unpaired) electrons. The fraction of sp³-hybridized carbons (Fsp3) is 0.150.